The fourth-order valence-corrected chi connectivity index (χ4v) is 7.72. The maximum atomic E-state index is 13.6. The minimum Gasteiger partial charge on any atom is -0.376 e. The number of alkyl halides is 3. The predicted molar refractivity (Wildman–Crippen MR) is 158 cm³/mol. The van der Waals surface area contributed by atoms with Gasteiger partial charge in [0.2, 0.25) is 20.0 Å². The van der Waals surface area contributed by atoms with Crippen LogP contribution in [0.4, 0.5) is 18.9 Å². The molecular formula is C27H31F3N4O5S3. The minimum atomic E-state index is -4.90. The van der Waals surface area contributed by atoms with Crippen LogP contribution in [0.2, 0.25) is 0 Å². The van der Waals surface area contributed by atoms with Crippen molar-refractivity contribution in [3.8, 4) is 0 Å². The average Bonchev–Trinajstić information content (AvgIpc) is 2.92. The Morgan fingerprint density at radius 2 is 1.81 bits per heavy atom. The zero-order valence-electron chi connectivity index (χ0n) is 22.9. The molecule has 1 fully saturated rings. The average molecular weight is 645 g/mol. The third-order valence-electron chi connectivity index (χ3n) is 7.30. The van der Waals surface area contributed by atoms with E-state index in [2.05, 4.69) is 4.98 Å². The summed E-state index contributed by atoms with van der Waals surface area (Å²) < 4.78 is 95.6. The molecule has 1 aliphatic heterocycles. The van der Waals surface area contributed by atoms with Gasteiger partial charge in [-0.1, -0.05) is 42.6 Å². The number of rotatable bonds is 9. The molecule has 2 aliphatic rings. The van der Waals surface area contributed by atoms with Gasteiger partial charge in [-0.05, 0) is 42.3 Å². The Kier molecular flexibility index (Phi) is 9.31. The molecule has 9 nitrogen and oxygen atoms in total. The number of hydrogen-bond acceptors (Lipinski definition) is 8. The summed E-state index contributed by atoms with van der Waals surface area (Å²) >= 11 is 5.30. The van der Waals surface area contributed by atoms with Crippen LogP contribution in [0.15, 0.2) is 71.9 Å². The second-order valence-electron chi connectivity index (χ2n) is 10.3. The molecule has 1 N–H and O–H groups in total. The minimum absolute atomic E-state index is 0.0151. The van der Waals surface area contributed by atoms with E-state index in [1.165, 1.54) is 33.0 Å². The molecule has 0 saturated carbocycles. The maximum absolute atomic E-state index is 13.6. The van der Waals surface area contributed by atoms with Crippen molar-refractivity contribution in [2.24, 2.45) is 0 Å². The van der Waals surface area contributed by atoms with Gasteiger partial charge in [-0.3, -0.25) is 4.98 Å². The van der Waals surface area contributed by atoms with Crippen LogP contribution in [-0.2, 0) is 32.2 Å². The molecule has 1 aromatic carbocycles. The monoisotopic (exact) mass is 644 g/mol. The van der Waals surface area contributed by atoms with Crippen molar-refractivity contribution in [1.29, 1.82) is 0 Å². The van der Waals surface area contributed by atoms with Crippen molar-refractivity contribution < 1.29 is 35.1 Å². The topological polar surface area (TPSA) is 111 Å². The van der Waals surface area contributed by atoms with E-state index >= 15 is 0 Å². The molecule has 1 saturated heterocycles. The highest BCUT2D eigenvalue weighted by atomic mass is 32.2. The van der Waals surface area contributed by atoms with Crippen LogP contribution in [0, 0.1) is 0 Å². The number of allylic oxidation sites excluding steroid dienone is 4. The Labute approximate surface area is 249 Å². The van der Waals surface area contributed by atoms with Gasteiger partial charge in [0.05, 0.1) is 17.2 Å². The quantitative estimate of drug-likeness (QED) is 0.414. The number of benzene rings is 1. The number of halogens is 3. The molecule has 0 amide bonds. The highest BCUT2D eigenvalue weighted by Crippen LogP contribution is 2.39. The fourth-order valence-electron chi connectivity index (χ4n) is 4.82. The number of pyridine rings is 1. The Balaban J connectivity index is 1.69. The number of aliphatic hydroxyl groups is 1. The van der Waals surface area contributed by atoms with Gasteiger partial charge in [0.25, 0.3) is 0 Å². The summed E-state index contributed by atoms with van der Waals surface area (Å²) in [4.78, 5) is 6.10. The molecule has 1 aromatic heterocycles. The number of anilines is 1. The van der Waals surface area contributed by atoms with Crippen molar-refractivity contribution in [3.63, 3.8) is 0 Å². The lowest BCUT2D eigenvalue weighted by atomic mass is 9.95. The summed E-state index contributed by atoms with van der Waals surface area (Å²) in [6, 6.07) is 7.79. The molecule has 4 rings (SSSR count). The largest absolute Gasteiger partial charge is 0.421 e. The molecule has 1 unspecified atom stereocenters. The van der Waals surface area contributed by atoms with Gasteiger partial charge >= 0.3 is 6.18 Å². The third-order valence-corrected chi connectivity index (χ3v) is 11.0. The van der Waals surface area contributed by atoms with Crippen LogP contribution in [0.3, 0.4) is 0 Å². The summed E-state index contributed by atoms with van der Waals surface area (Å²) in [5, 5.41) is 10.1. The Morgan fingerprint density at radius 3 is 2.38 bits per heavy atom. The van der Waals surface area contributed by atoms with Gasteiger partial charge in [0.15, 0.2) is 5.60 Å². The lowest BCUT2D eigenvalue weighted by molar-refractivity contribution is -0.258. The van der Waals surface area contributed by atoms with Crippen molar-refractivity contribution in [2.75, 3.05) is 37.3 Å². The molecule has 228 valence electrons. The number of hydrogen-bond donors (Lipinski definition) is 1. The maximum Gasteiger partial charge on any atom is 0.421 e. The smallest absolute Gasteiger partial charge is 0.376 e. The zero-order chi connectivity index (χ0) is 30.9. The van der Waals surface area contributed by atoms with Crippen LogP contribution in [-0.4, -0.2) is 85.1 Å². The molecule has 42 heavy (non-hydrogen) atoms. The first-order chi connectivity index (χ1) is 19.5. The molecule has 0 radical (unpaired) electrons. The summed E-state index contributed by atoms with van der Waals surface area (Å²) in [6.45, 7) is 0.580. The first-order valence-corrected chi connectivity index (χ1v) is 16.6. The number of aromatic nitrogens is 1. The lowest BCUT2D eigenvalue weighted by Crippen LogP contribution is -2.59. The van der Waals surface area contributed by atoms with Crippen LogP contribution in [0.5, 0.6) is 0 Å². The van der Waals surface area contributed by atoms with E-state index < -0.39 is 37.9 Å². The second kappa shape index (κ2) is 12.1. The number of nitrogens with zero attached hydrogens (tertiary/aromatic N) is 4. The van der Waals surface area contributed by atoms with E-state index in [0.717, 1.165) is 18.4 Å². The highest BCUT2D eigenvalue weighted by molar-refractivity contribution is 7.96. The molecular weight excluding hydrogens is 614 g/mol. The molecule has 15 heteroatoms. The van der Waals surface area contributed by atoms with Gasteiger partial charge < -0.3 is 10.0 Å². The molecule has 2 aromatic rings. The summed E-state index contributed by atoms with van der Waals surface area (Å²) in [6.07, 6.45) is 4.36. The van der Waals surface area contributed by atoms with Crippen LogP contribution in [0.25, 0.3) is 0 Å². The van der Waals surface area contributed by atoms with E-state index in [0.29, 0.717) is 24.6 Å². The summed E-state index contributed by atoms with van der Waals surface area (Å²) in [7, 11) is -7.79. The van der Waals surface area contributed by atoms with Gasteiger partial charge in [-0.25, -0.2) is 16.8 Å². The van der Waals surface area contributed by atoms with E-state index in [1.807, 2.05) is 0 Å². The Bertz CT molecular complexity index is 1580. The van der Waals surface area contributed by atoms with Crippen LogP contribution < -0.4 is 4.90 Å². The molecule has 2 atom stereocenters. The van der Waals surface area contributed by atoms with Crippen LogP contribution >= 0.6 is 12.2 Å². The normalized spacial score (nSPS) is 20.5. The number of piperazine rings is 1. The molecule has 0 bridgehead atoms. The third kappa shape index (κ3) is 6.92. The predicted octanol–water partition coefficient (Wildman–Crippen LogP) is 3.35. The lowest BCUT2D eigenvalue weighted by Gasteiger charge is -2.44. The summed E-state index contributed by atoms with van der Waals surface area (Å²) in [5.74, 6) is 0. The van der Waals surface area contributed by atoms with Gasteiger partial charge in [0.1, 0.15) is 0 Å². The first-order valence-electron chi connectivity index (χ1n) is 12.9. The fraction of sp³-hybridized carbons (Fsp3) is 0.407. The number of sulfonamides is 2. The van der Waals surface area contributed by atoms with E-state index in [-0.39, 0.29) is 48.1 Å². The van der Waals surface area contributed by atoms with Crippen molar-refractivity contribution in [2.45, 2.75) is 37.7 Å². The van der Waals surface area contributed by atoms with E-state index in [9.17, 15) is 35.1 Å². The SMILES string of the molecule is CC(O)(c1ccc(N2CCN(S(=O)(=O)C3=CC=CCC3=S)C[C@@H]2CN(Cc2cccnc2)S(C)(=O)=O)cc1)C(F)(F)F. The molecule has 0 spiro atoms. The van der Waals surface area contributed by atoms with Crippen molar-refractivity contribution >= 4 is 42.8 Å². The highest BCUT2D eigenvalue weighted by Gasteiger charge is 2.51. The van der Waals surface area contributed by atoms with Crippen molar-refractivity contribution in [1.82, 2.24) is 13.6 Å². The van der Waals surface area contributed by atoms with E-state index in [4.69, 9.17) is 12.2 Å². The standard InChI is InChI=1S/C27H31F3N4O5S3/c1-26(35,27(28,29)30)21-9-11-22(12-10-21)34-15-14-32(42(38,39)25-8-4-3-7-24(25)40)18-23(34)19-33(41(2,36)37)17-20-6-5-13-31-16-20/h3-6,8-13,16,23,35H,7,14-15,17-19H2,1-2H3/t23-,26?/m1/s1. The van der Waals surface area contributed by atoms with Crippen molar-refractivity contribution in [3.05, 3.63) is 83.1 Å². The number of thiocarbonyl (C=S) groups is 1. The molecule has 1 aliphatic carbocycles. The van der Waals surface area contributed by atoms with Gasteiger partial charge in [-0.15, -0.1) is 0 Å². The Hall–Kier alpha value is -2.69. The van der Waals surface area contributed by atoms with Crippen LogP contribution in [0.1, 0.15) is 24.5 Å². The second-order valence-corrected chi connectivity index (χ2v) is 14.7. The summed E-state index contributed by atoms with van der Waals surface area (Å²) in [5.41, 5.74) is -2.37. The van der Waals surface area contributed by atoms with Gasteiger partial charge in [-0.2, -0.15) is 21.8 Å². The molecule has 2 heterocycles. The Morgan fingerprint density at radius 1 is 1.12 bits per heavy atom. The zero-order valence-corrected chi connectivity index (χ0v) is 25.3. The van der Waals surface area contributed by atoms with Gasteiger partial charge in [0, 0.05) is 62.1 Å². The van der Waals surface area contributed by atoms with E-state index in [1.54, 1.807) is 35.4 Å². The first kappa shape index (κ1) is 32.2.